The van der Waals surface area contributed by atoms with Crippen molar-refractivity contribution in [3.05, 3.63) is 0 Å². The van der Waals surface area contributed by atoms with Crippen LogP contribution in [0.1, 0.15) is 25.7 Å². The Balaban J connectivity index is 1.48. The van der Waals surface area contributed by atoms with Crippen molar-refractivity contribution in [2.45, 2.75) is 37.7 Å². The molecule has 3 rings (SSSR count). The molecule has 1 heterocycles. The summed E-state index contributed by atoms with van der Waals surface area (Å²) in [6.45, 7) is 0. The summed E-state index contributed by atoms with van der Waals surface area (Å²) in [5, 5.41) is 0.368. The predicted molar refractivity (Wildman–Crippen MR) is 53.6 cm³/mol. The van der Waals surface area contributed by atoms with Gasteiger partial charge in [0.15, 0.2) is 0 Å². The largest absolute Gasteiger partial charge is 0.534 e. The molecule has 8 heteroatoms. The monoisotopic (exact) mass is 275 g/mol. The van der Waals surface area contributed by atoms with Crippen LogP contribution in [0.25, 0.3) is 0 Å². The van der Waals surface area contributed by atoms with Gasteiger partial charge in [0.05, 0.1) is 0 Å². The first-order chi connectivity index (χ1) is 8.89. The number of nitrogens with zero attached hydrogens (tertiary/aromatic N) is 1. The lowest BCUT2D eigenvalue weighted by Crippen LogP contribution is -2.33. The second-order valence-corrected chi connectivity index (χ2v) is 5.02. The minimum atomic E-state index is -2.63. The molecule has 3 atom stereocenters. The third-order valence-electron chi connectivity index (χ3n) is 3.83. The van der Waals surface area contributed by atoms with Crippen molar-refractivity contribution in [1.29, 1.82) is 0 Å². The van der Waals surface area contributed by atoms with Gasteiger partial charge in [0.2, 0.25) is 0 Å². The summed E-state index contributed by atoms with van der Waals surface area (Å²) in [7, 11) is 0. The van der Waals surface area contributed by atoms with Crippen LogP contribution in [0.3, 0.4) is 0 Å². The van der Waals surface area contributed by atoms with Gasteiger partial charge in [0.1, 0.15) is 6.10 Å². The van der Waals surface area contributed by atoms with E-state index in [4.69, 9.17) is 4.74 Å². The van der Waals surface area contributed by atoms with Crippen LogP contribution >= 0.6 is 0 Å². The summed E-state index contributed by atoms with van der Waals surface area (Å²) < 4.78 is 30.6. The number of carbonyl (C=O) groups is 3. The molecule has 0 unspecified atom stereocenters. The molecular formula is C11H11F2NO5. The van der Waals surface area contributed by atoms with Gasteiger partial charge in [-0.1, -0.05) is 5.06 Å². The van der Waals surface area contributed by atoms with Gasteiger partial charge >= 0.3 is 6.16 Å². The Bertz CT molecular complexity index is 436. The molecule has 0 aromatic rings. The average molecular weight is 275 g/mol. The molecule has 1 aliphatic heterocycles. The average Bonchev–Trinajstić information content (AvgIpc) is 2.74. The van der Waals surface area contributed by atoms with E-state index in [-0.39, 0.29) is 25.7 Å². The Kier molecular flexibility index (Phi) is 2.51. The van der Waals surface area contributed by atoms with E-state index in [2.05, 4.69) is 4.84 Å². The Morgan fingerprint density at radius 1 is 1.16 bits per heavy atom. The molecule has 6 nitrogen and oxygen atoms in total. The van der Waals surface area contributed by atoms with Crippen molar-refractivity contribution in [2.24, 2.45) is 11.8 Å². The first kappa shape index (κ1) is 12.3. The van der Waals surface area contributed by atoms with Crippen molar-refractivity contribution in [2.75, 3.05) is 0 Å². The van der Waals surface area contributed by atoms with E-state index in [1.165, 1.54) is 0 Å². The molecule has 104 valence electrons. The van der Waals surface area contributed by atoms with Crippen LogP contribution in [0.15, 0.2) is 0 Å². The van der Waals surface area contributed by atoms with E-state index in [0.29, 0.717) is 5.06 Å². The maximum Gasteiger partial charge on any atom is 0.534 e. The quantitative estimate of drug-likeness (QED) is 0.560. The minimum Gasteiger partial charge on any atom is -0.429 e. The molecule has 0 aromatic carbocycles. The topological polar surface area (TPSA) is 72.9 Å². The van der Waals surface area contributed by atoms with Crippen LogP contribution < -0.4 is 0 Å². The summed E-state index contributed by atoms with van der Waals surface area (Å²) in [6, 6.07) is 0. The maximum atomic E-state index is 12.9. The van der Waals surface area contributed by atoms with Gasteiger partial charge in [0, 0.05) is 24.7 Å². The first-order valence-corrected chi connectivity index (χ1v) is 6.01. The number of hydroxylamine groups is 2. The zero-order valence-corrected chi connectivity index (χ0v) is 9.80. The van der Waals surface area contributed by atoms with Gasteiger partial charge in [0.25, 0.3) is 17.7 Å². The highest BCUT2D eigenvalue weighted by Crippen LogP contribution is 2.64. The molecule has 1 saturated heterocycles. The number of fused-ring (bicyclic) bond motifs is 1. The van der Waals surface area contributed by atoms with Gasteiger partial charge < -0.3 is 4.74 Å². The number of halogens is 2. The number of ether oxygens (including phenoxy) is 1. The Morgan fingerprint density at radius 2 is 1.68 bits per heavy atom. The molecule has 0 radical (unpaired) electrons. The molecular weight excluding hydrogens is 264 g/mol. The molecule has 2 aliphatic carbocycles. The van der Waals surface area contributed by atoms with Crippen LogP contribution in [-0.2, 0) is 19.2 Å². The van der Waals surface area contributed by atoms with Crippen LogP contribution in [-0.4, -0.2) is 35.1 Å². The second-order valence-electron chi connectivity index (χ2n) is 5.02. The number of rotatable bonds is 2. The van der Waals surface area contributed by atoms with Gasteiger partial charge in [-0.15, -0.1) is 0 Å². The number of hydrogen-bond acceptors (Lipinski definition) is 5. The van der Waals surface area contributed by atoms with E-state index in [1.807, 2.05) is 0 Å². The highest BCUT2D eigenvalue weighted by atomic mass is 19.3. The molecule has 0 N–H and O–H groups in total. The van der Waals surface area contributed by atoms with E-state index in [9.17, 15) is 23.2 Å². The molecule has 3 aliphatic rings. The number of hydrogen-bond donors (Lipinski definition) is 0. The predicted octanol–water partition coefficient (Wildman–Crippen LogP) is 1.25. The Morgan fingerprint density at radius 3 is 2.21 bits per heavy atom. The van der Waals surface area contributed by atoms with E-state index >= 15 is 0 Å². The Labute approximate surface area is 106 Å². The number of alkyl halides is 2. The zero-order valence-electron chi connectivity index (χ0n) is 9.80. The molecule has 0 aromatic heterocycles. The van der Waals surface area contributed by atoms with Gasteiger partial charge in [-0.2, -0.15) is 0 Å². The SMILES string of the molecule is O=C(O[C@@H]1C[C@@H]2[C@H](C1)C2(F)F)ON1C(=O)CCC1=O. The molecule has 0 bridgehead atoms. The van der Waals surface area contributed by atoms with Crippen molar-refractivity contribution in [1.82, 2.24) is 5.06 Å². The van der Waals surface area contributed by atoms with Crippen molar-refractivity contribution in [3.8, 4) is 0 Å². The van der Waals surface area contributed by atoms with Crippen LogP contribution in [0.4, 0.5) is 13.6 Å². The smallest absolute Gasteiger partial charge is 0.429 e. The van der Waals surface area contributed by atoms with Crippen molar-refractivity contribution >= 4 is 18.0 Å². The van der Waals surface area contributed by atoms with E-state index in [0.717, 1.165) is 0 Å². The van der Waals surface area contributed by atoms with Crippen LogP contribution in [0.2, 0.25) is 0 Å². The number of imide groups is 1. The summed E-state index contributed by atoms with van der Waals surface area (Å²) in [4.78, 5) is 38.2. The highest BCUT2D eigenvalue weighted by Gasteiger charge is 2.72. The van der Waals surface area contributed by atoms with Crippen molar-refractivity contribution in [3.63, 3.8) is 0 Å². The summed E-state index contributed by atoms with van der Waals surface area (Å²) in [6.07, 6.45) is -1.66. The first-order valence-electron chi connectivity index (χ1n) is 6.01. The van der Waals surface area contributed by atoms with Crippen LogP contribution in [0.5, 0.6) is 0 Å². The minimum absolute atomic E-state index is 0.00802. The second kappa shape index (κ2) is 3.88. The Hall–Kier alpha value is -1.73. The van der Waals surface area contributed by atoms with Crippen molar-refractivity contribution < 1.29 is 32.7 Å². The van der Waals surface area contributed by atoms with E-state index in [1.54, 1.807) is 0 Å². The molecule has 0 spiro atoms. The molecule has 2 saturated carbocycles. The van der Waals surface area contributed by atoms with E-state index < -0.39 is 41.8 Å². The summed E-state index contributed by atoms with van der Waals surface area (Å²) in [5.74, 6) is -5.30. The third kappa shape index (κ3) is 1.95. The summed E-state index contributed by atoms with van der Waals surface area (Å²) >= 11 is 0. The third-order valence-corrected chi connectivity index (χ3v) is 3.83. The summed E-state index contributed by atoms with van der Waals surface area (Å²) in [5.41, 5.74) is 0. The van der Waals surface area contributed by atoms with Gasteiger partial charge in [-0.3, -0.25) is 14.4 Å². The lowest BCUT2D eigenvalue weighted by Gasteiger charge is -2.17. The van der Waals surface area contributed by atoms with Gasteiger partial charge in [-0.05, 0) is 12.8 Å². The molecule has 19 heavy (non-hydrogen) atoms. The fraction of sp³-hybridized carbons (Fsp3) is 0.727. The molecule has 3 fully saturated rings. The number of amides is 2. The fourth-order valence-corrected chi connectivity index (χ4v) is 2.75. The number of carbonyl (C=O) groups excluding carboxylic acids is 3. The fourth-order valence-electron chi connectivity index (χ4n) is 2.75. The molecule has 2 amide bonds. The maximum absolute atomic E-state index is 12.9. The standard InChI is InChI=1S/C11H11F2NO5/c12-11(13)6-3-5(4-7(6)11)18-10(17)19-14-8(15)1-2-9(14)16/h5-7H,1-4H2/t5-,6-,7+. The zero-order chi connectivity index (χ0) is 13.8. The lowest BCUT2D eigenvalue weighted by atomic mass is 10.2. The normalized spacial score (nSPS) is 35.3. The lowest BCUT2D eigenvalue weighted by molar-refractivity contribution is -0.178. The van der Waals surface area contributed by atoms with Gasteiger partial charge in [-0.25, -0.2) is 13.6 Å². The van der Waals surface area contributed by atoms with Crippen LogP contribution in [0, 0.1) is 11.8 Å². The highest BCUT2D eigenvalue weighted by molar-refractivity contribution is 6.01.